The summed E-state index contributed by atoms with van der Waals surface area (Å²) in [7, 11) is 0. The van der Waals surface area contributed by atoms with Crippen molar-refractivity contribution in [2.24, 2.45) is 5.92 Å². The summed E-state index contributed by atoms with van der Waals surface area (Å²) in [5.74, 6) is -0.120. The molecule has 1 aromatic carbocycles. The van der Waals surface area contributed by atoms with Crippen LogP contribution in [0.4, 0.5) is 0 Å². The molecule has 9 heteroatoms. The zero-order chi connectivity index (χ0) is 26.4. The molecule has 0 aliphatic carbocycles. The first kappa shape index (κ1) is 27.0. The second kappa shape index (κ2) is 12.5. The van der Waals surface area contributed by atoms with Crippen LogP contribution in [0.5, 0.6) is 0 Å². The van der Waals surface area contributed by atoms with E-state index in [2.05, 4.69) is 29.5 Å². The van der Waals surface area contributed by atoms with Crippen LogP contribution in [0.25, 0.3) is 10.4 Å². The van der Waals surface area contributed by atoms with Gasteiger partial charge in [-0.1, -0.05) is 44.2 Å². The Balaban J connectivity index is 1.39. The van der Waals surface area contributed by atoms with Gasteiger partial charge in [-0.3, -0.25) is 14.4 Å². The summed E-state index contributed by atoms with van der Waals surface area (Å²) >= 11 is 3.05. The molecule has 0 bridgehead atoms. The van der Waals surface area contributed by atoms with Crippen LogP contribution in [-0.2, 0) is 20.9 Å². The SMILES string of the molecule is Cc1ncsc1-c1ccc(CNC(=O)C2CCCN2C(=O)C(NC(=O)CCC(C)C)c2cccs2)cc1. The largest absolute Gasteiger partial charge is 0.350 e. The number of nitrogens with one attached hydrogen (secondary N) is 2. The van der Waals surface area contributed by atoms with Gasteiger partial charge in [0.2, 0.25) is 11.8 Å². The highest BCUT2D eigenvalue weighted by atomic mass is 32.1. The van der Waals surface area contributed by atoms with Crippen molar-refractivity contribution in [2.75, 3.05) is 6.54 Å². The van der Waals surface area contributed by atoms with Gasteiger partial charge in [-0.25, -0.2) is 4.98 Å². The molecule has 3 heterocycles. The van der Waals surface area contributed by atoms with E-state index in [1.807, 2.05) is 54.2 Å². The molecule has 2 aromatic heterocycles. The average molecular weight is 539 g/mol. The van der Waals surface area contributed by atoms with Gasteiger partial charge in [-0.05, 0) is 54.7 Å². The van der Waals surface area contributed by atoms with Gasteiger partial charge in [-0.2, -0.15) is 0 Å². The summed E-state index contributed by atoms with van der Waals surface area (Å²) in [5.41, 5.74) is 4.95. The third-order valence-electron chi connectivity index (χ3n) is 6.60. The van der Waals surface area contributed by atoms with Gasteiger partial charge >= 0.3 is 0 Å². The summed E-state index contributed by atoms with van der Waals surface area (Å²) < 4.78 is 0. The number of aromatic nitrogens is 1. The zero-order valence-electron chi connectivity index (χ0n) is 21.5. The molecule has 2 unspecified atom stereocenters. The van der Waals surface area contributed by atoms with Gasteiger partial charge in [0, 0.05) is 24.4 Å². The van der Waals surface area contributed by atoms with E-state index in [-0.39, 0.29) is 17.7 Å². The standard InChI is InChI=1S/C28H34N4O3S2/c1-18(2)8-13-24(33)31-25(23-7-5-15-36-23)28(35)32-14-4-6-22(32)27(34)29-16-20-9-11-21(12-10-20)26-19(3)30-17-37-26/h5,7,9-12,15,17-18,22,25H,4,6,8,13-14,16H2,1-3H3,(H,29,34)(H,31,33). The average Bonchev–Trinajstić information content (AvgIpc) is 3.66. The van der Waals surface area contributed by atoms with Crippen LogP contribution < -0.4 is 10.6 Å². The number of hydrogen-bond acceptors (Lipinski definition) is 6. The number of amides is 3. The molecule has 1 saturated heterocycles. The molecular formula is C28H34N4O3S2. The van der Waals surface area contributed by atoms with E-state index in [4.69, 9.17) is 0 Å². The Morgan fingerprint density at radius 2 is 1.92 bits per heavy atom. The first-order valence-electron chi connectivity index (χ1n) is 12.7. The fourth-order valence-corrected chi connectivity index (χ4v) is 6.07. The summed E-state index contributed by atoms with van der Waals surface area (Å²) in [5, 5.41) is 7.84. The molecule has 2 atom stereocenters. The number of rotatable bonds is 10. The van der Waals surface area contributed by atoms with E-state index in [9.17, 15) is 14.4 Å². The van der Waals surface area contributed by atoms with Crippen molar-refractivity contribution in [2.45, 2.75) is 65.1 Å². The van der Waals surface area contributed by atoms with E-state index in [0.717, 1.165) is 39.4 Å². The Bertz CT molecular complexity index is 1200. The molecule has 7 nitrogen and oxygen atoms in total. The van der Waals surface area contributed by atoms with Crippen LogP contribution in [0, 0.1) is 12.8 Å². The minimum Gasteiger partial charge on any atom is -0.350 e. The highest BCUT2D eigenvalue weighted by Gasteiger charge is 2.38. The lowest BCUT2D eigenvalue weighted by atomic mass is 10.1. The van der Waals surface area contributed by atoms with Crippen LogP contribution >= 0.6 is 22.7 Å². The number of nitrogens with zero attached hydrogens (tertiary/aromatic N) is 2. The molecule has 0 saturated carbocycles. The molecule has 2 N–H and O–H groups in total. The quantitative estimate of drug-likeness (QED) is 0.377. The molecule has 196 valence electrons. The topological polar surface area (TPSA) is 91.4 Å². The molecule has 3 amide bonds. The lowest BCUT2D eigenvalue weighted by Gasteiger charge is -2.28. The number of carbonyl (C=O) groups is 3. The number of thiazole rings is 1. The van der Waals surface area contributed by atoms with E-state index >= 15 is 0 Å². The number of thiophene rings is 1. The molecule has 3 aromatic rings. The maximum Gasteiger partial charge on any atom is 0.251 e. The number of hydrogen-bond donors (Lipinski definition) is 2. The van der Waals surface area contributed by atoms with Crippen molar-refractivity contribution < 1.29 is 14.4 Å². The third-order valence-corrected chi connectivity index (χ3v) is 8.51. The first-order chi connectivity index (χ1) is 17.8. The highest BCUT2D eigenvalue weighted by Crippen LogP contribution is 2.28. The molecule has 1 fully saturated rings. The Labute approximate surface area is 226 Å². The summed E-state index contributed by atoms with van der Waals surface area (Å²) in [6.45, 7) is 7.02. The normalized spacial score (nSPS) is 16.1. The molecule has 4 rings (SSSR count). The van der Waals surface area contributed by atoms with Crippen LogP contribution in [0.1, 0.15) is 61.7 Å². The highest BCUT2D eigenvalue weighted by molar-refractivity contribution is 7.13. The van der Waals surface area contributed by atoms with Crippen molar-refractivity contribution >= 4 is 40.4 Å². The molecular weight excluding hydrogens is 504 g/mol. The van der Waals surface area contributed by atoms with Crippen LogP contribution in [0.15, 0.2) is 47.3 Å². The summed E-state index contributed by atoms with van der Waals surface area (Å²) in [4.78, 5) is 47.2. The van der Waals surface area contributed by atoms with Crippen molar-refractivity contribution in [3.05, 3.63) is 63.4 Å². The van der Waals surface area contributed by atoms with Gasteiger partial charge in [0.05, 0.1) is 16.1 Å². The van der Waals surface area contributed by atoms with E-state index < -0.39 is 12.1 Å². The molecule has 37 heavy (non-hydrogen) atoms. The molecule has 0 spiro atoms. The maximum atomic E-state index is 13.6. The van der Waals surface area contributed by atoms with Crippen LogP contribution in [0.3, 0.4) is 0 Å². The van der Waals surface area contributed by atoms with Crippen molar-refractivity contribution in [3.63, 3.8) is 0 Å². The van der Waals surface area contributed by atoms with Gasteiger partial charge in [0.15, 0.2) is 0 Å². The minimum absolute atomic E-state index is 0.141. The monoisotopic (exact) mass is 538 g/mol. The molecule has 0 radical (unpaired) electrons. The van der Waals surface area contributed by atoms with E-state index in [1.54, 1.807) is 16.2 Å². The predicted octanol–water partition coefficient (Wildman–Crippen LogP) is 5.08. The predicted molar refractivity (Wildman–Crippen MR) is 148 cm³/mol. The van der Waals surface area contributed by atoms with Gasteiger partial charge in [0.1, 0.15) is 12.1 Å². The molecule has 1 aliphatic heterocycles. The number of likely N-dealkylation sites (tertiary alicyclic amines) is 1. The Morgan fingerprint density at radius 1 is 1.14 bits per heavy atom. The number of carbonyl (C=O) groups excluding carboxylic acids is 3. The number of aryl methyl sites for hydroxylation is 1. The van der Waals surface area contributed by atoms with Crippen molar-refractivity contribution in [1.29, 1.82) is 0 Å². The zero-order valence-corrected chi connectivity index (χ0v) is 23.2. The summed E-state index contributed by atoms with van der Waals surface area (Å²) in [6.07, 6.45) is 2.50. The van der Waals surface area contributed by atoms with Crippen LogP contribution in [0.2, 0.25) is 0 Å². The lowest BCUT2D eigenvalue weighted by molar-refractivity contribution is -0.141. The minimum atomic E-state index is -0.768. The van der Waals surface area contributed by atoms with Gasteiger partial charge < -0.3 is 15.5 Å². The van der Waals surface area contributed by atoms with E-state index in [1.165, 1.54) is 11.3 Å². The maximum absolute atomic E-state index is 13.6. The first-order valence-corrected chi connectivity index (χ1v) is 14.5. The third kappa shape index (κ3) is 6.84. The summed E-state index contributed by atoms with van der Waals surface area (Å²) in [6, 6.07) is 10.5. The van der Waals surface area contributed by atoms with E-state index in [0.29, 0.717) is 31.8 Å². The second-order valence-electron chi connectivity index (χ2n) is 9.82. The smallest absolute Gasteiger partial charge is 0.251 e. The Kier molecular flexibility index (Phi) is 9.10. The van der Waals surface area contributed by atoms with Gasteiger partial charge in [0.25, 0.3) is 5.91 Å². The lowest BCUT2D eigenvalue weighted by Crippen LogP contribution is -2.50. The Morgan fingerprint density at radius 3 is 2.57 bits per heavy atom. The fraction of sp³-hybridized carbons (Fsp3) is 0.429. The van der Waals surface area contributed by atoms with Crippen LogP contribution in [-0.4, -0.2) is 40.2 Å². The Hall–Kier alpha value is -3.04. The molecule has 1 aliphatic rings. The van der Waals surface area contributed by atoms with Crippen molar-refractivity contribution in [3.8, 4) is 10.4 Å². The second-order valence-corrected chi connectivity index (χ2v) is 11.7. The van der Waals surface area contributed by atoms with Gasteiger partial charge in [-0.15, -0.1) is 22.7 Å². The van der Waals surface area contributed by atoms with Crippen molar-refractivity contribution in [1.82, 2.24) is 20.5 Å². The fourth-order valence-electron chi connectivity index (χ4n) is 4.49. The number of benzene rings is 1.